The van der Waals surface area contributed by atoms with E-state index in [0.717, 1.165) is 0 Å². The van der Waals surface area contributed by atoms with Gasteiger partial charge in [-0.05, 0) is 24.3 Å². The molecule has 0 radical (unpaired) electrons. The smallest absolute Gasteiger partial charge is 0.335 e. The van der Waals surface area contributed by atoms with Crippen molar-refractivity contribution in [3.8, 4) is 17.0 Å². The van der Waals surface area contributed by atoms with Gasteiger partial charge < -0.3 is 10.2 Å². The monoisotopic (exact) mass is 215 g/mol. The Morgan fingerprint density at radius 3 is 2.69 bits per heavy atom. The number of aromatic carboxylic acids is 1. The van der Waals surface area contributed by atoms with Gasteiger partial charge in [0.05, 0.1) is 5.56 Å². The number of pyridine rings is 1. The molecule has 16 heavy (non-hydrogen) atoms. The second kappa shape index (κ2) is 4.02. The number of aromatic hydroxyl groups is 1. The molecule has 1 aromatic carbocycles. The van der Waals surface area contributed by atoms with Crippen molar-refractivity contribution in [3.05, 3.63) is 48.2 Å². The first kappa shape index (κ1) is 10.2. The van der Waals surface area contributed by atoms with E-state index in [2.05, 4.69) is 4.98 Å². The van der Waals surface area contributed by atoms with Crippen LogP contribution in [0.1, 0.15) is 10.4 Å². The number of benzene rings is 1. The summed E-state index contributed by atoms with van der Waals surface area (Å²) in [6.45, 7) is 0. The molecular weight excluding hydrogens is 206 g/mol. The Labute approximate surface area is 91.8 Å². The summed E-state index contributed by atoms with van der Waals surface area (Å²) < 4.78 is 0. The van der Waals surface area contributed by atoms with Crippen LogP contribution in [0.2, 0.25) is 0 Å². The van der Waals surface area contributed by atoms with Gasteiger partial charge in [-0.25, -0.2) is 4.79 Å². The molecule has 0 saturated carbocycles. The average Bonchev–Trinajstić information content (AvgIpc) is 2.30. The van der Waals surface area contributed by atoms with Crippen molar-refractivity contribution >= 4 is 5.97 Å². The topological polar surface area (TPSA) is 70.4 Å². The van der Waals surface area contributed by atoms with Gasteiger partial charge in [-0.3, -0.25) is 4.98 Å². The molecule has 0 atom stereocenters. The molecule has 2 aromatic rings. The van der Waals surface area contributed by atoms with Crippen LogP contribution in [0.25, 0.3) is 11.3 Å². The summed E-state index contributed by atoms with van der Waals surface area (Å²) >= 11 is 0. The van der Waals surface area contributed by atoms with Crippen LogP contribution in [0, 0.1) is 0 Å². The molecule has 1 aromatic heterocycles. The first-order valence-corrected chi connectivity index (χ1v) is 4.66. The second-order valence-electron chi connectivity index (χ2n) is 3.26. The molecule has 0 spiro atoms. The highest BCUT2D eigenvalue weighted by molar-refractivity contribution is 5.89. The second-order valence-corrected chi connectivity index (χ2v) is 3.26. The van der Waals surface area contributed by atoms with Gasteiger partial charge >= 0.3 is 5.97 Å². The van der Waals surface area contributed by atoms with Gasteiger partial charge in [-0.2, -0.15) is 0 Å². The molecule has 4 heteroatoms. The van der Waals surface area contributed by atoms with Crippen molar-refractivity contribution in [2.24, 2.45) is 0 Å². The lowest BCUT2D eigenvalue weighted by molar-refractivity contribution is 0.0697. The van der Waals surface area contributed by atoms with E-state index >= 15 is 0 Å². The van der Waals surface area contributed by atoms with Crippen molar-refractivity contribution in [1.29, 1.82) is 0 Å². The van der Waals surface area contributed by atoms with Gasteiger partial charge in [0, 0.05) is 11.8 Å². The molecule has 80 valence electrons. The van der Waals surface area contributed by atoms with Crippen molar-refractivity contribution in [2.75, 3.05) is 0 Å². The maximum Gasteiger partial charge on any atom is 0.335 e. The van der Waals surface area contributed by atoms with Crippen LogP contribution < -0.4 is 0 Å². The lowest BCUT2D eigenvalue weighted by Crippen LogP contribution is -1.96. The predicted molar refractivity (Wildman–Crippen MR) is 58.3 cm³/mol. The zero-order valence-corrected chi connectivity index (χ0v) is 8.29. The lowest BCUT2D eigenvalue weighted by Gasteiger charge is -2.03. The Kier molecular flexibility index (Phi) is 2.55. The Morgan fingerprint density at radius 2 is 2.00 bits per heavy atom. The SMILES string of the molecule is O=C(O)c1cccc(-c2ncccc2O)c1. The molecule has 2 N–H and O–H groups in total. The highest BCUT2D eigenvalue weighted by atomic mass is 16.4. The third kappa shape index (κ3) is 1.86. The Bertz CT molecular complexity index is 537. The maximum absolute atomic E-state index is 10.8. The van der Waals surface area contributed by atoms with Crippen molar-refractivity contribution < 1.29 is 15.0 Å². The standard InChI is InChI=1S/C12H9NO3/c14-10-5-2-6-13-11(10)8-3-1-4-9(7-8)12(15)16/h1-7,14H,(H,15,16). The molecular formula is C12H9NO3. The number of hydrogen-bond acceptors (Lipinski definition) is 3. The zero-order chi connectivity index (χ0) is 11.5. The number of carboxylic acids is 1. The Hall–Kier alpha value is -2.36. The summed E-state index contributed by atoms with van der Waals surface area (Å²) in [5.41, 5.74) is 1.13. The van der Waals surface area contributed by atoms with E-state index in [4.69, 9.17) is 5.11 Å². The quantitative estimate of drug-likeness (QED) is 0.805. The van der Waals surface area contributed by atoms with E-state index in [1.54, 1.807) is 24.4 Å². The molecule has 1 heterocycles. The van der Waals surface area contributed by atoms with E-state index in [-0.39, 0.29) is 11.3 Å². The van der Waals surface area contributed by atoms with Crippen molar-refractivity contribution in [1.82, 2.24) is 4.98 Å². The predicted octanol–water partition coefficient (Wildman–Crippen LogP) is 2.15. The van der Waals surface area contributed by atoms with Crippen LogP contribution in [0.3, 0.4) is 0 Å². The van der Waals surface area contributed by atoms with Crippen LogP contribution in [0.4, 0.5) is 0 Å². The maximum atomic E-state index is 10.8. The van der Waals surface area contributed by atoms with E-state index in [9.17, 15) is 9.90 Å². The molecule has 0 bridgehead atoms. The van der Waals surface area contributed by atoms with Gasteiger partial charge in [0.1, 0.15) is 11.4 Å². The molecule has 0 aliphatic rings. The molecule has 4 nitrogen and oxygen atoms in total. The van der Waals surface area contributed by atoms with E-state index in [0.29, 0.717) is 11.3 Å². The average molecular weight is 215 g/mol. The number of aromatic nitrogens is 1. The fraction of sp³-hybridized carbons (Fsp3) is 0. The van der Waals surface area contributed by atoms with E-state index < -0.39 is 5.97 Å². The van der Waals surface area contributed by atoms with Gasteiger partial charge in [-0.1, -0.05) is 12.1 Å². The van der Waals surface area contributed by atoms with E-state index in [1.165, 1.54) is 18.2 Å². The molecule has 0 saturated heterocycles. The summed E-state index contributed by atoms with van der Waals surface area (Å²) in [5.74, 6) is -0.970. The van der Waals surface area contributed by atoms with Crippen LogP contribution in [-0.2, 0) is 0 Å². The summed E-state index contributed by atoms with van der Waals surface area (Å²) in [6.07, 6.45) is 1.54. The highest BCUT2D eigenvalue weighted by Gasteiger charge is 2.08. The van der Waals surface area contributed by atoms with Crippen LogP contribution >= 0.6 is 0 Å². The largest absolute Gasteiger partial charge is 0.506 e. The fourth-order valence-electron chi connectivity index (χ4n) is 1.42. The normalized spacial score (nSPS) is 10.0. The number of rotatable bonds is 2. The van der Waals surface area contributed by atoms with Crippen LogP contribution in [0.5, 0.6) is 5.75 Å². The lowest BCUT2D eigenvalue weighted by atomic mass is 10.1. The molecule has 0 fully saturated rings. The Balaban J connectivity index is 2.53. The minimum absolute atomic E-state index is 0.0324. The van der Waals surface area contributed by atoms with Crippen LogP contribution in [-0.4, -0.2) is 21.2 Å². The van der Waals surface area contributed by atoms with Gasteiger partial charge in [-0.15, -0.1) is 0 Å². The minimum atomic E-state index is -1.00. The first-order valence-electron chi connectivity index (χ1n) is 4.66. The minimum Gasteiger partial charge on any atom is -0.506 e. The van der Waals surface area contributed by atoms with Crippen molar-refractivity contribution in [3.63, 3.8) is 0 Å². The number of nitrogens with zero attached hydrogens (tertiary/aromatic N) is 1. The highest BCUT2D eigenvalue weighted by Crippen LogP contribution is 2.26. The number of carbonyl (C=O) groups is 1. The molecule has 0 amide bonds. The summed E-state index contributed by atoms with van der Waals surface area (Å²) in [7, 11) is 0. The summed E-state index contributed by atoms with van der Waals surface area (Å²) in [6, 6.07) is 9.41. The van der Waals surface area contributed by atoms with Crippen molar-refractivity contribution in [2.45, 2.75) is 0 Å². The molecule has 0 unspecified atom stereocenters. The number of carboxylic acid groups (broad SMARTS) is 1. The Morgan fingerprint density at radius 1 is 1.19 bits per heavy atom. The fourth-order valence-corrected chi connectivity index (χ4v) is 1.42. The number of hydrogen-bond donors (Lipinski definition) is 2. The third-order valence-electron chi connectivity index (χ3n) is 2.17. The molecule has 2 rings (SSSR count). The van der Waals surface area contributed by atoms with E-state index in [1.807, 2.05) is 0 Å². The molecule has 0 aliphatic heterocycles. The molecule has 0 aliphatic carbocycles. The van der Waals surface area contributed by atoms with Crippen LogP contribution in [0.15, 0.2) is 42.6 Å². The zero-order valence-electron chi connectivity index (χ0n) is 8.29. The summed E-state index contributed by atoms with van der Waals surface area (Å²) in [4.78, 5) is 14.8. The van der Waals surface area contributed by atoms with Gasteiger partial charge in [0.15, 0.2) is 0 Å². The summed E-state index contributed by atoms with van der Waals surface area (Å²) in [5, 5.41) is 18.4. The first-order chi connectivity index (χ1) is 7.68. The third-order valence-corrected chi connectivity index (χ3v) is 2.17. The van der Waals surface area contributed by atoms with Gasteiger partial charge in [0.25, 0.3) is 0 Å². The van der Waals surface area contributed by atoms with Gasteiger partial charge in [0.2, 0.25) is 0 Å².